The Kier molecular flexibility index (Phi) is 5.92. The standard InChI is InChI=1S/C33H30N4O5/c1-4-42-31(41)19-13-15-20(16-14-19)36-29(39)26-24(17-18(2)3)35-33(27(26)30(36)40)22-10-6-8-12-25(22)37-28(38)21-9-5-7-11-23(21)34-32(33)37/h5-16,18,24,26-27,35H,4,17H2,1-3H3/t24-,26-,27-,33-/m1/s1. The van der Waals surface area contributed by atoms with Gasteiger partial charge >= 0.3 is 5.97 Å². The number of hydrogen-bond acceptors (Lipinski definition) is 7. The highest BCUT2D eigenvalue weighted by molar-refractivity contribution is 6.23. The predicted molar refractivity (Wildman–Crippen MR) is 156 cm³/mol. The number of nitrogens with one attached hydrogen (secondary N) is 1. The maximum Gasteiger partial charge on any atom is 0.338 e. The molecule has 2 amide bonds. The average Bonchev–Trinajstić information content (AvgIpc) is 3.56. The maximum atomic E-state index is 14.5. The topological polar surface area (TPSA) is 111 Å². The third kappa shape index (κ3) is 3.49. The van der Waals surface area contributed by atoms with Crippen LogP contribution in [0.25, 0.3) is 16.6 Å². The van der Waals surface area contributed by atoms with Gasteiger partial charge in [-0.1, -0.05) is 44.2 Å². The van der Waals surface area contributed by atoms with E-state index in [-0.39, 0.29) is 35.9 Å². The molecule has 3 aliphatic rings. The fourth-order valence-corrected chi connectivity index (χ4v) is 7.14. The first-order valence-corrected chi connectivity index (χ1v) is 14.3. The molecule has 212 valence electrons. The molecule has 1 N–H and O–H groups in total. The third-order valence-corrected chi connectivity index (χ3v) is 8.72. The summed E-state index contributed by atoms with van der Waals surface area (Å²) in [6, 6.07) is 20.7. The largest absolute Gasteiger partial charge is 0.462 e. The van der Waals surface area contributed by atoms with Gasteiger partial charge in [-0.15, -0.1) is 0 Å². The van der Waals surface area contributed by atoms with Crippen molar-refractivity contribution in [2.75, 3.05) is 11.5 Å². The van der Waals surface area contributed by atoms with Crippen LogP contribution in [-0.2, 0) is 19.9 Å². The van der Waals surface area contributed by atoms with Crippen LogP contribution >= 0.6 is 0 Å². The Balaban J connectivity index is 1.43. The van der Waals surface area contributed by atoms with E-state index in [9.17, 15) is 19.2 Å². The SMILES string of the molecule is CCOC(=O)c1ccc(N2C(=O)[C@@H]3[C@@H](CC(C)C)N[C@]4(c5ccccc5-n5c4nc4ccccc4c5=O)[C@H]3C2=O)cc1. The highest BCUT2D eigenvalue weighted by atomic mass is 16.5. The van der Waals surface area contributed by atoms with E-state index in [0.717, 1.165) is 5.56 Å². The third-order valence-electron chi connectivity index (χ3n) is 8.72. The van der Waals surface area contributed by atoms with Crippen LogP contribution in [-0.4, -0.2) is 40.0 Å². The van der Waals surface area contributed by atoms with Gasteiger partial charge in [0, 0.05) is 11.6 Å². The minimum Gasteiger partial charge on any atom is -0.462 e. The van der Waals surface area contributed by atoms with Crippen molar-refractivity contribution in [2.24, 2.45) is 17.8 Å². The average molecular weight is 563 g/mol. The summed E-state index contributed by atoms with van der Waals surface area (Å²) in [7, 11) is 0. The van der Waals surface area contributed by atoms with E-state index in [1.54, 1.807) is 47.9 Å². The van der Waals surface area contributed by atoms with Gasteiger partial charge in [0.2, 0.25) is 11.8 Å². The molecule has 4 aromatic rings. The molecule has 1 aromatic heterocycles. The number of nitrogens with zero attached hydrogens (tertiary/aromatic N) is 3. The van der Waals surface area contributed by atoms with Crippen molar-refractivity contribution in [3.8, 4) is 5.69 Å². The van der Waals surface area contributed by atoms with E-state index in [4.69, 9.17) is 9.72 Å². The van der Waals surface area contributed by atoms with Crippen molar-refractivity contribution < 1.29 is 19.1 Å². The second kappa shape index (κ2) is 9.46. The van der Waals surface area contributed by atoms with E-state index >= 15 is 0 Å². The molecule has 2 fully saturated rings. The van der Waals surface area contributed by atoms with Crippen molar-refractivity contribution in [1.29, 1.82) is 0 Å². The summed E-state index contributed by atoms with van der Waals surface area (Å²) < 4.78 is 6.69. The molecule has 0 unspecified atom stereocenters. The van der Waals surface area contributed by atoms with Crippen molar-refractivity contribution in [3.05, 3.63) is 100 Å². The smallest absolute Gasteiger partial charge is 0.338 e. The first-order chi connectivity index (χ1) is 20.3. The number of carbonyl (C=O) groups is 3. The summed E-state index contributed by atoms with van der Waals surface area (Å²) in [6.07, 6.45) is 0.650. The molecule has 9 heteroatoms. The number of ether oxygens (including phenoxy) is 1. The summed E-state index contributed by atoms with van der Waals surface area (Å²) in [5, 5.41) is 4.21. The predicted octanol–water partition coefficient (Wildman–Crippen LogP) is 3.94. The van der Waals surface area contributed by atoms with Crippen LogP contribution < -0.4 is 15.8 Å². The van der Waals surface area contributed by atoms with E-state index in [1.165, 1.54) is 4.90 Å². The van der Waals surface area contributed by atoms with Crippen LogP contribution in [0.15, 0.2) is 77.6 Å². The molecule has 0 bridgehead atoms. The molecule has 4 atom stereocenters. The Morgan fingerprint density at radius 2 is 1.69 bits per heavy atom. The fourth-order valence-electron chi connectivity index (χ4n) is 7.14. The zero-order valence-electron chi connectivity index (χ0n) is 23.5. The van der Waals surface area contributed by atoms with Crippen molar-refractivity contribution >= 4 is 34.4 Å². The minimum atomic E-state index is -1.18. The van der Waals surface area contributed by atoms with Gasteiger partial charge < -0.3 is 4.74 Å². The molecule has 0 saturated carbocycles. The van der Waals surface area contributed by atoms with Crippen LogP contribution in [0.1, 0.15) is 48.9 Å². The van der Waals surface area contributed by atoms with Crippen molar-refractivity contribution in [3.63, 3.8) is 0 Å². The number of aromatic nitrogens is 2. The number of para-hydroxylation sites is 2. The van der Waals surface area contributed by atoms with E-state index < -0.39 is 23.3 Å². The fraction of sp³-hybridized carbons (Fsp3) is 0.303. The number of esters is 1. The molecular formula is C33H30N4O5. The molecular weight excluding hydrogens is 532 g/mol. The Labute approximate surface area is 242 Å². The van der Waals surface area contributed by atoms with Gasteiger partial charge in [-0.2, -0.15) is 0 Å². The van der Waals surface area contributed by atoms with Crippen LogP contribution in [0.4, 0.5) is 5.69 Å². The maximum absolute atomic E-state index is 14.5. The molecule has 42 heavy (non-hydrogen) atoms. The number of imide groups is 1. The molecule has 4 heterocycles. The normalized spacial score (nSPS) is 24.0. The second-order valence-corrected chi connectivity index (χ2v) is 11.6. The summed E-state index contributed by atoms with van der Waals surface area (Å²) in [4.78, 5) is 61.2. The Bertz CT molecular complexity index is 1850. The molecule has 3 aromatic carbocycles. The first kappa shape index (κ1) is 26.3. The Hall–Kier alpha value is -4.63. The van der Waals surface area contributed by atoms with Gasteiger partial charge in [-0.3, -0.25) is 24.3 Å². The lowest BCUT2D eigenvalue weighted by Crippen LogP contribution is -2.50. The lowest BCUT2D eigenvalue weighted by Gasteiger charge is -2.32. The van der Waals surface area contributed by atoms with Crippen LogP contribution in [0.5, 0.6) is 0 Å². The highest BCUT2D eigenvalue weighted by Gasteiger charge is 2.69. The summed E-state index contributed by atoms with van der Waals surface area (Å²) in [5.74, 6) is -1.98. The molecule has 0 aliphatic carbocycles. The van der Waals surface area contributed by atoms with Crippen LogP contribution in [0, 0.1) is 17.8 Å². The number of fused-ring (bicyclic) bond motifs is 8. The lowest BCUT2D eigenvalue weighted by atomic mass is 9.75. The number of rotatable bonds is 5. The number of benzene rings is 3. The molecule has 7 rings (SSSR count). The molecule has 1 spiro atoms. The highest BCUT2D eigenvalue weighted by Crippen LogP contribution is 2.56. The van der Waals surface area contributed by atoms with Crippen molar-refractivity contribution in [2.45, 2.75) is 38.8 Å². The van der Waals surface area contributed by atoms with Crippen molar-refractivity contribution in [1.82, 2.24) is 14.9 Å². The Morgan fingerprint density at radius 3 is 2.43 bits per heavy atom. The summed E-state index contributed by atoms with van der Waals surface area (Å²) in [5.41, 5.74) is 1.28. The lowest BCUT2D eigenvalue weighted by molar-refractivity contribution is -0.123. The monoisotopic (exact) mass is 562 g/mol. The zero-order chi connectivity index (χ0) is 29.3. The van der Waals surface area contributed by atoms with Gasteiger partial charge in [0.25, 0.3) is 5.56 Å². The molecule has 9 nitrogen and oxygen atoms in total. The minimum absolute atomic E-state index is 0.214. The van der Waals surface area contributed by atoms with Gasteiger partial charge in [-0.25, -0.2) is 14.7 Å². The molecule has 3 aliphatic heterocycles. The van der Waals surface area contributed by atoms with E-state index in [1.807, 2.05) is 36.4 Å². The molecule has 2 saturated heterocycles. The van der Waals surface area contributed by atoms with Gasteiger partial charge in [-0.05, 0) is 61.7 Å². The van der Waals surface area contributed by atoms with Gasteiger partial charge in [0.05, 0.1) is 46.3 Å². The number of anilines is 1. The van der Waals surface area contributed by atoms with Crippen LogP contribution in [0.3, 0.4) is 0 Å². The zero-order valence-corrected chi connectivity index (χ0v) is 23.5. The Morgan fingerprint density at radius 1 is 0.976 bits per heavy atom. The second-order valence-electron chi connectivity index (χ2n) is 11.6. The van der Waals surface area contributed by atoms with Gasteiger partial charge in [0.15, 0.2) is 0 Å². The molecule has 0 radical (unpaired) electrons. The van der Waals surface area contributed by atoms with E-state index in [0.29, 0.717) is 40.1 Å². The van der Waals surface area contributed by atoms with Gasteiger partial charge in [0.1, 0.15) is 11.4 Å². The van der Waals surface area contributed by atoms with Crippen LogP contribution in [0.2, 0.25) is 0 Å². The summed E-state index contributed by atoms with van der Waals surface area (Å²) in [6.45, 7) is 6.15. The first-order valence-electron chi connectivity index (χ1n) is 14.3. The summed E-state index contributed by atoms with van der Waals surface area (Å²) >= 11 is 0. The van der Waals surface area contributed by atoms with E-state index in [2.05, 4.69) is 19.2 Å². The number of amides is 2. The number of carbonyl (C=O) groups excluding carboxylic acids is 3. The quantitative estimate of drug-likeness (QED) is 0.290. The number of hydrogen-bond donors (Lipinski definition) is 1.